The van der Waals surface area contributed by atoms with Crippen LogP contribution in [0.3, 0.4) is 0 Å². The van der Waals surface area contributed by atoms with Crippen LogP contribution in [0.15, 0.2) is 0 Å². The molecule has 1 rings (SSSR count). The van der Waals surface area contributed by atoms with Gasteiger partial charge >= 0.3 is 0 Å². The van der Waals surface area contributed by atoms with Gasteiger partial charge in [-0.05, 0) is 38.9 Å². The van der Waals surface area contributed by atoms with E-state index in [9.17, 15) is 8.42 Å². The summed E-state index contributed by atoms with van der Waals surface area (Å²) in [5.74, 6) is 0. The first-order chi connectivity index (χ1) is 6.43. The first kappa shape index (κ1) is 13.9. The van der Waals surface area contributed by atoms with Crippen LogP contribution < -0.4 is 0 Å². The quantitative estimate of drug-likeness (QED) is 0.719. The van der Waals surface area contributed by atoms with Gasteiger partial charge in [-0.15, -0.1) is 0 Å². The second-order valence-corrected chi connectivity index (χ2v) is 5.10. The second-order valence-electron chi connectivity index (χ2n) is 3.64. The predicted octanol–water partition coefficient (Wildman–Crippen LogP) is 1.39. The summed E-state index contributed by atoms with van der Waals surface area (Å²) in [6.45, 7) is 6.29. The Morgan fingerprint density at radius 1 is 1.21 bits per heavy atom. The van der Waals surface area contributed by atoms with Crippen molar-refractivity contribution >= 4 is 10.1 Å². The van der Waals surface area contributed by atoms with Gasteiger partial charge in [0.1, 0.15) is 0 Å². The number of likely N-dealkylation sites (tertiary alicyclic amines) is 1. The zero-order valence-electron chi connectivity index (χ0n) is 9.07. The molecule has 1 heterocycles. The van der Waals surface area contributed by atoms with Crippen molar-refractivity contribution < 1.29 is 13.0 Å². The molecule has 0 bridgehead atoms. The number of piperidine rings is 1. The Bertz CT molecular complexity index is 209. The van der Waals surface area contributed by atoms with Crippen molar-refractivity contribution in [2.75, 3.05) is 25.9 Å². The van der Waals surface area contributed by atoms with E-state index in [1.165, 1.54) is 45.3 Å². The van der Waals surface area contributed by atoms with Crippen LogP contribution in [0, 0.1) is 0 Å². The summed E-state index contributed by atoms with van der Waals surface area (Å²) in [6.07, 6.45) is 6.35. The number of hydrogen-bond donors (Lipinski definition) is 1. The highest BCUT2D eigenvalue weighted by Crippen LogP contribution is 2.07. The zero-order valence-corrected chi connectivity index (χ0v) is 9.89. The van der Waals surface area contributed by atoms with Gasteiger partial charge in [-0.1, -0.05) is 13.3 Å². The number of rotatable bonds is 2. The Kier molecular flexibility index (Phi) is 7.13. The van der Waals surface area contributed by atoms with Gasteiger partial charge in [0.25, 0.3) is 10.1 Å². The average Bonchev–Trinajstić information content (AvgIpc) is 2.03. The van der Waals surface area contributed by atoms with Crippen LogP contribution in [-0.2, 0) is 10.1 Å². The van der Waals surface area contributed by atoms with Crippen LogP contribution in [0.4, 0.5) is 0 Å². The lowest BCUT2D eigenvalue weighted by atomic mass is 10.1. The first-order valence-electron chi connectivity index (χ1n) is 5.08. The Morgan fingerprint density at radius 3 is 2.00 bits per heavy atom. The van der Waals surface area contributed by atoms with E-state index in [0.717, 1.165) is 0 Å². The molecule has 1 fully saturated rings. The highest BCUT2D eigenvalue weighted by molar-refractivity contribution is 7.85. The van der Waals surface area contributed by atoms with Crippen molar-refractivity contribution in [1.82, 2.24) is 4.90 Å². The molecule has 1 saturated heterocycles. The minimum atomic E-state index is -3.67. The van der Waals surface area contributed by atoms with E-state index >= 15 is 0 Å². The van der Waals surface area contributed by atoms with Crippen LogP contribution in [0.5, 0.6) is 0 Å². The van der Waals surface area contributed by atoms with Gasteiger partial charge in [0.2, 0.25) is 0 Å². The Hall–Kier alpha value is -0.130. The van der Waals surface area contributed by atoms with E-state index in [0.29, 0.717) is 6.26 Å². The Labute approximate surface area is 87.0 Å². The fraction of sp³-hybridized carbons (Fsp3) is 1.00. The predicted molar refractivity (Wildman–Crippen MR) is 58.1 cm³/mol. The molecule has 14 heavy (non-hydrogen) atoms. The van der Waals surface area contributed by atoms with Crippen molar-refractivity contribution in [2.24, 2.45) is 0 Å². The first-order valence-corrected chi connectivity index (χ1v) is 6.93. The normalized spacial score (nSPS) is 18.5. The Balaban J connectivity index is 0.000000292. The molecule has 0 aromatic rings. The molecule has 0 unspecified atom stereocenters. The van der Waals surface area contributed by atoms with Crippen LogP contribution >= 0.6 is 0 Å². The van der Waals surface area contributed by atoms with Crippen LogP contribution in [0.2, 0.25) is 0 Å². The maximum atomic E-state index is 9.19. The molecule has 86 valence electrons. The molecule has 1 aliphatic rings. The minimum absolute atomic E-state index is 0.715. The Morgan fingerprint density at radius 2 is 1.64 bits per heavy atom. The van der Waals surface area contributed by atoms with Gasteiger partial charge in [0.15, 0.2) is 0 Å². The number of nitrogens with zero attached hydrogens (tertiary/aromatic N) is 1. The monoisotopic (exact) mass is 223 g/mol. The molecule has 5 heteroatoms. The maximum absolute atomic E-state index is 9.19. The second kappa shape index (κ2) is 7.20. The van der Waals surface area contributed by atoms with E-state index < -0.39 is 10.1 Å². The molecule has 1 N–H and O–H groups in total. The lowest BCUT2D eigenvalue weighted by molar-refractivity contribution is 0.229. The standard InChI is InChI=1S/C8H17N.CH4O3S/c1-2-6-9-7-4-3-5-8-9;1-5(2,3)4/h2-8H2,1H3;1H3,(H,2,3,4). The third kappa shape index (κ3) is 11.9. The van der Waals surface area contributed by atoms with Crippen LogP contribution in [-0.4, -0.2) is 43.8 Å². The van der Waals surface area contributed by atoms with Crippen molar-refractivity contribution in [3.8, 4) is 0 Å². The van der Waals surface area contributed by atoms with Crippen molar-refractivity contribution in [3.63, 3.8) is 0 Å². The van der Waals surface area contributed by atoms with Gasteiger partial charge in [-0.25, -0.2) is 0 Å². The summed E-state index contributed by atoms with van der Waals surface area (Å²) < 4.78 is 25.9. The smallest absolute Gasteiger partial charge is 0.261 e. The van der Waals surface area contributed by atoms with Gasteiger partial charge < -0.3 is 4.90 Å². The van der Waals surface area contributed by atoms with Gasteiger partial charge in [0, 0.05) is 0 Å². The fourth-order valence-corrected chi connectivity index (χ4v) is 1.50. The molecule has 0 atom stereocenters. The largest absolute Gasteiger partial charge is 0.303 e. The molecule has 0 spiro atoms. The van der Waals surface area contributed by atoms with Gasteiger partial charge in [-0.2, -0.15) is 8.42 Å². The number of hydrogen-bond acceptors (Lipinski definition) is 3. The molecule has 1 aliphatic heterocycles. The molecule has 4 nitrogen and oxygen atoms in total. The van der Waals surface area contributed by atoms with Gasteiger partial charge in [-0.3, -0.25) is 4.55 Å². The molecular weight excluding hydrogens is 202 g/mol. The third-order valence-electron chi connectivity index (χ3n) is 1.99. The molecule has 0 aromatic carbocycles. The fourth-order valence-electron chi connectivity index (χ4n) is 1.50. The summed E-state index contributed by atoms with van der Waals surface area (Å²) in [6, 6.07) is 0. The van der Waals surface area contributed by atoms with E-state index in [2.05, 4.69) is 11.8 Å². The summed E-state index contributed by atoms with van der Waals surface area (Å²) in [5, 5.41) is 0. The lowest BCUT2D eigenvalue weighted by Crippen LogP contribution is -2.30. The van der Waals surface area contributed by atoms with Crippen molar-refractivity contribution in [3.05, 3.63) is 0 Å². The summed E-state index contributed by atoms with van der Waals surface area (Å²) >= 11 is 0. The minimum Gasteiger partial charge on any atom is -0.303 e. The van der Waals surface area contributed by atoms with E-state index in [1.807, 2.05) is 0 Å². The molecule has 0 saturated carbocycles. The van der Waals surface area contributed by atoms with E-state index in [1.54, 1.807) is 0 Å². The van der Waals surface area contributed by atoms with Gasteiger partial charge in [0.05, 0.1) is 6.26 Å². The highest BCUT2D eigenvalue weighted by Gasteiger charge is 2.07. The molecule has 0 aliphatic carbocycles. The van der Waals surface area contributed by atoms with Crippen molar-refractivity contribution in [1.29, 1.82) is 0 Å². The third-order valence-corrected chi connectivity index (χ3v) is 1.99. The summed E-state index contributed by atoms with van der Waals surface area (Å²) in [5.41, 5.74) is 0. The highest BCUT2D eigenvalue weighted by atomic mass is 32.2. The zero-order chi connectivity index (χ0) is 11.0. The van der Waals surface area contributed by atoms with Crippen LogP contribution in [0.1, 0.15) is 32.6 Å². The maximum Gasteiger partial charge on any atom is 0.261 e. The van der Waals surface area contributed by atoms with Crippen molar-refractivity contribution in [2.45, 2.75) is 32.6 Å². The lowest BCUT2D eigenvalue weighted by Gasteiger charge is -2.25. The van der Waals surface area contributed by atoms with E-state index in [-0.39, 0.29) is 0 Å². The SMILES string of the molecule is CCCN1CCCCC1.CS(=O)(=O)O. The average molecular weight is 223 g/mol. The molecule has 0 radical (unpaired) electrons. The summed E-state index contributed by atoms with van der Waals surface area (Å²) in [7, 11) is -3.67. The topological polar surface area (TPSA) is 57.6 Å². The summed E-state index contributed by atoms with van der Waals surface area (Å²) in [4.78, 5) is 2.57. The molecule has 0 amide bonds. The molecule has 0 aromatic heterocycles. The van der Waals surface area contributed by atoms with E-state index in [4.69, 9.17) is 4.55 Å². The molecular formula is C9H21NO3S. The van der Waals surface area contributed by atoms with Crippen LogP contribution in [0.25, 0.3) is 0 Å².